The van der Waals surface area contributed by atoms with Crippen molar-refractivity contribution in [1.82, 2.24) is 5.32 Å². The highest BCUT2D eigenvalue weighted by Gasteiger charge is 2.21. The maximum Gasteiger partial charge on any atom is 0.339 e. The van der Waals surface area contributed by atoms with Gasteiger partial charge in [0.1, 0.15) is 5.75 Å². The number of nitrogens with one attached hydrogen (secondary N) is 1. The fraction of sp³-hybridized carbons (Fsp3) is 0.588. The van der Waals surface area contributed by atoms with E-state index < -0.39 is 0 Å². The van der Waals surface area contributed by atoms with Gasteiger partial charge in [-0.25, -0.2) is 4.79 Å². The summed E-state index contributed by atoms with van der Waals surface area (Å²) >= 11 is 0. The monoisotopic (exact) mass is 320 g/mol. The molecule has 3 rings (SSSR count). The van der Waals surface area contributed by atoms with Crippen molar-refractivity contribution in [2.75, 3.05) is 44.8 Å². The van der Waals surface area contributed by atoms with Crippen LogP contribution < -0.4 is 15.0 Å². The van der Waals surface area contributed by atoms with Gasteiger partial charge in [0.2, 0.25) is 0 Å². The van der Waals surface area contributed by atoms with Crippen molar-refractivity contribution in [2.24, 2.45) is 0 Å². The van der Waals surface area contributed by atoms with Crippen LogP contribution in [-0.4, -0.2) is 52.2 Å². The van der Waals surface area contributed by atoms with Gasteiger partial charge in [0.05, 0.1) is 25.0 Å². The third kappa shape index (κ3) is 3.95. The van der Waals surface area contributed by atoms with Gasteiger partial charge in [-0.1, -0.05) is 0 Å². The molecule has 1 N–H and O–H groups in total. The van der Waals surface area contributed by atoms with Crippen LogP contribution in [0.15, 0.2) is 18.2 Å². The molecule has 0 aliphatic carbocycles. The van der Waals surface area contributed by atoms with Crippen molar-refractivity contribution in [1.29, 1.82) is 0 Å². The van der Waals surface area contributed by atoms with E-state index in [0.717, 1.165) is 63.5 Å². The van der Waals surface area contributed by atoms with Crippen molar-refractivity contribution >= 4 is 11.7 Å². The fourth-order valence-electron chi connectivity index (χ4n) is 2.99. The number of hydrogen-bond donors (Lipinski definition) is 1. The number of hydrogen-bond acceptors (Lipinski definition) is 6. The van der Waals surface area contributed by atoms with Crippen molar-refractivity contribution in [3.8, 4) is 5.75 Å². The zero-order valence-electron chi connectivity index (χ0n) is 13.5. The molecule has 23 heavy (non-hydrogen) atoms. The highest BCUT2D eigenvalue weighted by Crippen LogP contribution is 2.29. The van der Waals surface area contributed by atoms with Gasteiger partial charge in [-0.3, -0.25) is 0 Å². The second kappa shape index (κ2) is 7.66. The lowest BCUT2D eigenvalue weighted by molar-refractivity contribution is -0.105. The molecule has 6 heteroatoms. The van der Waals surface area contributed by atoms with Gasteiger partial charge in [0.15, 0.2) is 6.29 Å². The minimum Gasteiger partial charge on any atom is -0.465 e. The number of piperazine rings is 1. The number of carbonyl (C=O) groups is 1. The minimum absolute atomic E-state index is 0.191. The van der Waals surface area contributed by atoms with Crippen LogP contribution in [0.3, 0.4) is 0 Å². The zero-order chi connectivity index (χ0) is 16.1. The van der Waals surface area contributed by atoms with Gasteiger partial charge in [-0.05, 0) is 25.0 Å². The Labute approximate surface area is 136 Å². The normalized spacial score (nSPS) is 21.8. The molecule has 1 aromatic rings. The summed E-state index contributed by atoms with van der Waals surface area (Å²) in [4.78, 5) is 14.2. The van der Waals surface area contributed by atoms with Crippen molar-refractivity contribution in [2.45, 2.75) is 25.6 Å². The molecular weight excluding hydrogens is 296 g/mol. The van der Waals surface area contributed by atoms with Crippen LogP contribution in [0.25, 0.3) is 0 Å². The molecule has 2 saturated heterocycles. The standard InChI is InChI=1S/C17H24N2O4/c1-21-17(20)14-6-5-13(23-16-4-2-3-11-22-16)12-15(14)19-9-7-18-8-10-19/h5-6,12,16,18H,2-4,7-11H2,1H3. The van der Waals surface area contributed by atoms with Gasteiger partial charge in [-0.2, -0.15) is 0 Å². The number of rotatable bonds is 4. The molecule has 126 valence electrons. The summed E-state index contributed by atoms with van der Waals surface area (Å²) in [6.45, 7) is 4.26. The number of methoxy groups -OCH3 is 1. The zero-order valence-corrected chi connectivity index (χ0v) is 13.5. The summed E-state index contributed by atoms with van der Waals surface area (Å²) in [5.74, 6) is 0.414. The molecule has 2 heterocycles. The Kier molecular flexibility index (Phi) is 5.35. The molecule has 1 aromatic carbocycles. The molecule has 2 fully saturated rings. The van der Waals surface area contributed by atoms with Crippen LogP contribution in [0.5, 0.6) is 5.75 Å². The summed E-state index contributed by atoms with van der Waals surface area (Å²) in [5, 5.41) is 3.32. The van der Waals surface area contributed by atoms with E-state index >= 15 is 0 Å². The largest absolute Gasteiger partial charge is 0.465 e. The molecule has 1 atom stereocenters. The van der Waals surface area contributed by atoms with E-state index in [4.69, 9.17) is 14.2 Å². The van der Waals surface area contributed by atoms with Crippen LogP contribution >= 0.6 is 0 Å². The summed E-state index contributed by atoms with van der Waals surface area (Å²) in [6, 6.07) is 5.52. The Morgan fingerprint density at radius 3 is 2.83 bits per heavy atom. The van der Waals surface area contributed by atoms with E-state index in [9.17, 15) is 4.79 Å². The van der Waals surface area contributed by atoms with E-state index in [1.165, 1.54) is 7.11 Å². The van der Waals surface area contributed by atoms with Gasteiger partial charge in [-0.15, -0.1) is 0 Å². The lowest BCUT2D eigenvalue weighted by Gasteiger charge is -2.31. The summed E-state index contributed by atoms with van der Waals surface area (Å²) in [7, 11) is 1.41. The lowest BCUT2D eigenvalue weighted by Crippen LogP contribution is -2.44. The smallest absolute Gasteiger partial charge is 0.339 e. The molecule has 2 aliphatic heterocycles. The summed E-state index contributed by atoms with van der Waals surface area (Å²) < 4.78 is 16.5. The van der Waals surface area contributed by atoms with Gasteiger partial charge < -0.3 is 24.4 Å². The average molecular weight is 320 g/mol. The number of nitrogens with zero attached hydrogens (tertiary/aromatic N) is 1. The first-order chi connectivity index (χ1) is 11.3. The predicted molar refractivity (Wildman–Crippen MR) is 87.1 cm³/mol. The van der Waals surface area contributed by atoms with Crippen LogP contribution in [0, 0.1) is 0 Å². The lowest BCUT2D eigenvalue weighted by atomic mass is 10.1. The Bertz CT molecular complexity index is 537. The second-order valence-corrected chi connectivity index (χ2v) is 5.82. The van der Waals surface area contributed by atoms with Crippen LogP contribution in [0.4, 0.5) is 5.69 Å². The Balaban J connectivity index is 1.82. The molecule has 0 bridgehead atoms. The van der Waals surface area contributed by atoms with E-state index in [0.29, 0.717) is 5.56 Å². The molecule has 0 aromatic heterocycles. The summed E-state index contributed by atoms with van der Waals surface area (Å²) in [6.07, 6.45) is 2.92. The third-order valence-corrected chi connectivity index (χ3v) is 4.24. The first kappa shape index (κ1) is 16.1. The quantitative estimate of drug-likeness (QED) is 0.854. The number of benzene rings is 1. The molecule has 0 spiro atoms. The van der Waals surface area contributed by atoms with Crippen molar-refractivity contribution in [3.05, 3.63) is 23.8 Å². The number of anilines is 1. The van der Waals surface area contributed by atoms with Crippen LogP contribution in [0.1, 0.15) is 29.6 Å². The van der Waals surface area contributed by atoms with Crippen molar-refractivity contribution < 1.29 is 19.0 Å². The van der Waals surface area contributed by atoms with Crippen molar-refractivity contribution in [3.63, 3.8) is 0 Å². The Hall–Kier alpha value is -1.79. The summed E-state index contributed by atoms with van der Waals surface area (Å²) in [5.41, 5.74) is 1.44. The number of ether oxygens (including phenoxy) is 3. The topological polar surface area (TPSA) is 60.0 Å². The van der Waals surface area contributed by atoms with E-state index in [1.807, 2.05) is 12.1 Å². The van der Waals surface area contributed by atoms with E-state index in [-0.39, 0.29) is 12.3 Å². The Morgan fingerprint density at radius 2 is 2.13 bits per heavy atom. The molecule has 6 nitrogen and oxygen atoms in total. The number of esters is 1. The molecule has 2 aliphatic rings. The minimum atomic E-state index is -0.320. The first-order valence-electron chi connectivity index (χ1n) is 8.24. The second-order valence-electron chi connectivity index (χ2n) is 5.82. The van der Waals surface area contributed by atoms with Gasteiger partial charge in [0.25, 0.3) is 0 Å². The molecule has 0 radical (unpaired) electrons. The number of carbonyl (C=O) groups excluding carboxylic acids is 1. The highest BCUT2D eigenvalue weighted by atomic mass is 16.7. The highest BCUT2D eigenvalue weighted by molar-refractivity contribution is 5.96. The first-order valence-corrected chi connectivity index (χ1v) is 8.24. The average Bonchev–Trinajstić information content (AvgIpc) is 2.62. The van der Waals surface area contributed by atoms with Gasteiger partial charge in [0, 0.05) is 38.7 Å². The maximum absolute atomic E-state index is 12.0. The molecule has 0 saturated carbocycles. The third-order valence-electron chi connectivity index (χ3n) is 4.24. The van der Waals surface area contributed by atoms with Crippen LogP contribution in [0.2, 0.25) is 0 Å². The SMILES string of the molecule is COC(=O)c1ccc(OC2CCCCO2)cc1N1CCNCC1. The van der Waals surface area contributed by atoms with Crippen LogP contribution in [-0.2, 0) is 9.47 Å². The molecular formula is C17H24N2O4. The van der Waals surface area contributed by atoms with Gasteiger partial charge >= 0.3 is 5.97 Å². The predicted octanol–water partition coefficient (Wildman–Crippen LogP) is 1.79. The fourth-order valence-corrected chi connectivity index (χ4v) is 2.99. The Morgan fingerprint density at radius 1 is 1.30 bits per heavy atom. The molecule has 1 unspecified atom stereocenters. The molecule has 0 amide bonds. The maximum atomic E-state index is 12.0. The van der Waals surface area contributed by atoms with E-state index in [2.05, 4.69) is 10.2 Å². The van der Waals surface area contributed by atoms with E-state index in [1.54, 1.807) is 6.07 Å².